The Morgan fingerprint density at radius 3 is 2.14 bits per heavy atom. The van der Waals surface area contributed by atoms with Crippen molar-refractivity contribution in [3.8, 4) is 0 Å². The molecule has 3 rings (SSSR count). The zero-order chi connectivity index (χ0) is 20.4. The quantitative estimate of drug-likeness (QED) is 0.802. The summed E-state index contributed by atoms with van der Waals surface area (Å²) in [5, 5.41) is 2.68. The lowest BCUT2D eigenvalue weighted by Crippen LogP contribution is -2.42. The number of benzene rings is 2. The van der Waals surface area contributed by atoms with E-state index in [0.717, 1.165) is 4.90 Å². The van der Waals surface area contributed by atoms with Gasteiger partial charge in [-0.15, -0.1) is 0 Å². The molecular weight excluding hydrogens is 368 g/mol. The average molecular weight is 387 g/mol. The molecule has 0 spiro atoms. The van der Waals surface area contributed by atoms with Gasteiger partial charge < -0.3 is 5.32 Å². The van der Waals surface area contributed by atoms with Gasteiger partial charge in [0.15, 0.2) is 0 Å². The number of rotatable bonds is 5. The van der Waals surface area contributed by atoms with E-state index in [9.17, 15) is 23.2 Å². The minimum Gasteiger partial charge on any atom is -0.348 e. The molecule has 2 atom stereocenters. The van der Waals surface area contributed by atoms with Gasteiger partial charge in [0, 0.05) is 5.69 Å². The van der Waals surface area contributed by atoms with Crippen LogP contribution in [-0.4, -0.2) is 35.3 Å². The lowest BCUT2D eigenvalue weighted by atomic mass is 10.1. The number of amides is 4. The van der Waals surface area contributed by atoms with Crippen LogP contribution in [0.4, 0.5) is 19.3 Å². The average Bonchev–Trinajstić information content (AvgIpc) is 2.86. The lowest BCUT2D eigenvalue weighted by molar-refractivity contribution is -0.132. The smallest absolute Gasteiger partial charge is 0.332 e. The normalized spacial score (nSPS) is 17.8. The van der Waals surface area contributed by atoms with Gasteiger partial charge in [-0.25, -0.2) is 13.6 Å². The van der Waals surface area contributed by atoms with Crippen molar-refractivity contribution in [2.24, 2.45) is 0 Å². The second kappa shape index (κ2) is 7.75. The Bertz CT molecular complexity index is 900. The summed E-state index contributed by atoms with van der Waals surface area (Å²) >= 11 is 0. The number of imide groups is 1. The summed E-state index contributed by atoms with van der Waals surface area (Å²) in [5.41, 5.74) is 1.06. The van der Waals surface area contributed by atoms with Crippen LogP contribution in [-0.2, 0) is 9.59 Å². The van der Waals surface area contributed by atoms with Crippen molar-refractivity contribution in [2.45, 2.75) is 25.9 Å². The van der Waals surface area contributed by atoms with Crippen LogP contribution in [0.2, 0.25) is 0 Å². The zero-order valence-electron chi connectivity index (χ0n) is 15.4. The highest BCUT2D eigenvalue weighted by molar-refractivity contribution is 6.15. The molecule has 0 aliphatic carbocycles. The molecule has 2 unspecified atom stereocenters. The first-order valence-corrected chi connectivity index (χ1v) is 8.73. The first-order valence-electron chi connectivity index (χ1n) is 8.73. The van der Waals surface area contributed by atoms with E-state index >= 15 is 0 Å². The number of carbonyl (C=O) groups excluding carboxylic acids is 3. The van der Waals surface area contributed by atoms with Crippen LogP contribution in [0, 0.1) is 11.6 Å². The predicted molar refractivity (Wildman–Crippen MR) is 98.4 cm³/mol. The van der Waals surface area contributed by atoms with Crippen LogP contribution >= 0.6 is 0 Å². The van der Waals surface area contributed by atoms with E-state index in [2.05, 4.69) is 5.32 Å². The van der Waals surface area contributed by atoms with Gasteiger partial charge in [0.2, 0.25) is 5.91 Å². The maximum Gasteiger partial charge on any atom is 0.332 e. The number of carbonyl (C=O) groups is 3. The Morgan fingerprint density at radius 2 is 1.57 bits per heavy atom. The molecule has 1 aliphatic heterocycles. The minimum atomic E-state index is -0.805. The van der Waals surface area contributed by atoms with Crippen molar-refractivity contribution in [2.75, 3.05) is 11.4 Å². The molecule has 0 aromatic heterocycles. The number of nitrogens with zero attached hydrogens (tertiary/aromatic N) is 2. The monoisotopic (exact) mass is 387 g/mol. The van der Waals surface area contributed by atoms with Crippen molar-refractivity contribution < 1.29 is 23.2 Å². The van der Waals surface area contributed by atoms with Crippen LogP contribution in [0.15, 0.2) is 48.5 Å². The fourth-order valence-electron chi connectivity index (χ4n) is 3.07. The van der Waals surface area contributed by atoms with E-state index in [1.807, 2.05) is 0 Å². The van der Waals surface area contributed by atoms with Crippen molar-refractivity contribution >= 4 is 23.5 Å². The largest absolute Gasteiger partial charge is 0.348 e. The third kappa shape index (κ3) is 3.85. The Morgan fingerprint density at radius 1 is 1.04 bits per heavy atom. The molecule has 0 bridgehead atoms. The first-order chi connectivity index (χ1) is 13.3. The van der Waals surface area contributed by atoms with Crippen LogP contribution in [0.1, 0.15) is 25.5 Å². The van der Waals surface area contributed by atoms with Gasteiger partial charge in [-0.05, 0) is 55.8 Å². The molecule has 1 fully saturated rings. The Hall–Kier alpha value is -3.29. The van der Waals surface area contributed by atoms with E-state index in [-0.39, 0.29) is 5.82 Å². The highest BCUT2D eigenvalue weighted by Gasteiger charge is 2.44. The molecule has 0 saturated carbocycles. The maximum atomic E-state index is 13.1. The van der Waals surface area contributed by atoms with Gasteiger partial charge in [0.25, 0.3) is 5.91 Å². The number of urea groups is 1. The fourth-order valence-corrected chi connectivity index (χ4v) is 3.07. The molecule has 1 N–H and O–H groups in total. The summed E-state index contributed by atoms with van der Waals surface area (Å²) in [6.45, 7) is 2.82. The fraction of sp³-hybridized carbons (Fsp3) is 0.250. The third-order valence-electron chi connectivity index (χ3n) is 4.60. The third-order valence-corrected chi connectivity index (χ3v) is 4.60. The van der Waals surface area contributed by atoms with Gasteiger partial charge in [-0.3, -0.25) is 19.4 Å². The Balaban J connectivity index is 1.68. The maximum absolute atomic E-state index is 13.1. The molecular formula is C20H19F2N3O3. The molecule has 2 aromatic rings. The van der Waals surface area contributed by atoms with Crippen molar-refractivity contribution in [3.05, 3.63) is 65.7 Å². The summed E-state index contributed by atoms with van der Waals surface area (Å²) in [6, 6.07) is 8.98. The summed E-state index contributed by atoms with van der Waals surface area (Å²) < 4.78 is 26.1. The predicted octanol–water partition coefficient (Wildman–Crippen LogP) is 3.00. The molecule has 2 aromatic carbocycles. The summed E-state index contributed by atoms with van der Waals surface area (Å²) in [7, 11) is 0. The van der Waals surface area contributed by atoms with E-state index in [1.165, 1.54) is 41.3 Å². The molecule has 1 heterocycles. The van der Waals surface area contributed by atoms with Crippen molar-refractivity contribution in [1.29, 1.82) is 0 Å². The van der Waals surface area contributed by atoms with Crippen LogP contribution in [0.5, 0.6) is 0 Å². The highest BCUT2D eigenvalue weighted by Crippen LogP contribution is 2.26. The summed E-state index contributed by atoms with van der Waals surface area (Å²) in [4.78, 5) is 39.5. The molecule has 4 amide bonds. The van der Waals surface area contributed by atoms with Crippen LogP contribution < -0.4 is 10.2 Å². The topological polar surface area (TPSA) is 69.7 Å². The van der Waals surface area contributed by atoms with Crippen molar-refractivity contribution in [1.82, 2.24) is 10.2 Å². The second-order valence-electron chi connectivity index (χ2n) is 6.57. The number of nitrogens with one attached hydrogen (secondary N) is 1. The standard InChI is InChI=1S/C20H19F2N3O3/c1-12(14-3-5-15(21)6-4-14)23-18(26)11-24-19(27)13(2)25(20(24)28)17-9-7-16(22)8-10-17/h3-10,12-13H,11H2,1-2H3,(H,23,26). The first kappa shape index (κ1) is 19.5. The number of hydrogen-bond acceptors (Lipinski definition) is 3. The molecule has 1 aliphatic rings. The second-order valence-corrected chi connectivity index (χ2v) is 6.57. The Kier molecular flexibility index (Phi) is 5.39. The molecule has 6 nitrogen and oxygen atoms in total. The molecule has 28 heavy (non-hydrogen) atoms. The Labute approximate surface area is 160 Å². The molecule has 8 heteroatoms. The number of halogens is 2. The van der Waals surface area contributed by atoms with Gasteiger partial charge in [0.1, 0.15) is 24.2 Å². The summed E-state index contributed by atoms with van der Waals surface area (Å²) in [5.74, 6) is -1.88. The number of anilines is 1. The van der Waals surface area contributed by atoms with Gasteiger partial charge in [-0.2, -0.15) is 0 Å². The van der Waals surface area contributed by atoms with E-state index in [1.54, 1.807) is 26.0 Å². The molecule has 1 saturated heterocycles. The highest BCUT2D eigenvalue weighted by atomic mass is 19.1. The van der Waals surface area contributed by atoms with Crippen LogP contribution in [0.3, 0.4) is 0 Å². The SMILES string of the molecule is CC(NC(=O)CN1C(=O)C(C)N(c2ccc(F)cc2)C1=O)c1ccc(F)cc1. The van der Waals surface area contributed by atoms with Crippen molar-refractivity contribution in [3.63, 3.8) is 0 Å². The molecule has 0 radical (unpaired) electrons. The zero-order valence-corrected chi connectivity index (χ0v) is 15.4. The van der Waals surface area contributed by atoms with E-state index < -0.39 is 42.3 Å². The van der Waals surface area contributed by atoms with Crippen LogP contribution in [0.25, 0.3) is 0 Å². The lowest BCUT2D eigenvalue weighted by Gasteiger charge is -2.20. The van der Waals surface area contributed by atoms with Gasteiger partial charge in [0.05, 0.1) is 6.04 Å². The summed E-state index contributed by atoms with van der Waals surface area (Å²) in [6.07, 6.45) is 0. The van der Waals surface area contributed by atoms with E-state index in [4.69, 9.17) is 0 Å². The van der Waals surface area contributed by atoms with Gasteiger partial charge >= 0.3 is 6.03 Å². The minimum absolute atomic E-state index is 0.370. The molecule has 146 valence electrons. The van der Waals surface area contributed by atoms with E-state index in [0.29, 0.717) is 11.3 Å². The number of hydrogen-bond donors (Lipinski definition) is 1. The van der Waals surface area contributed by atoms with Gasteiger partial charge in [-0.1, -0.05) is 12.1 Å².